The van der Waals surface area contributed by atoms with Gasteiger partial charge in [0.1, 0.15) is 0 Å². The van der Waals surface area contributed by atoms with Crippen molar-refractivity contribution in [3.05, 3.63) is 94.7 Å². The Morgan fingerprint density at radius 2 is 1.88 bits per heavy atom. The maximum Gasteiger partial charge on any atom is 0.338 e. The predicted molar refractivity (Wildman–Crippen MR) is 152 cm³/mol. The Morgan fingerprint density at radius 3 is 2.49 bits per heavy atom. The minimum absolute atomic E-state index is 0.0638. The fourth-order valence-electron chi connectivity index (χ4n) is 4.26. The molecule has 0 saturated heterocycles. The SMILES string of the molecule is CCOc1cc(C2C(C(=O)OCC(C)C)=C(C)N=c3s/c(=C\c4ccc([N+](=O)[O-])cc4)c(=O)n32)ccc1OC(C)=O. The molecule has 2 aromatic carbocycles. The highest BCUT2D eigenvalue weighted by atomic mass is 32.1. The fourth-order valence-corrected chi connectivity index (χ4v) is 5.31. The first kappa shape index (κ1) is 29.4. The van der Waals surface area contributed by atoms with Crippen LogP contribution >= 0.6 is 11.3 Å². The molecule has 2 heterocycles. The number of nitro benzene ring substituents is 1. The molecule has 0 aliphatic carbocycles. The van der Waals surface area contributed by atoms with Crippen LogP contribution in [0.15, 0.2) is 63.5 Å². The summed E-state index contributed by atoms with van der Waals surface area (Å²) in [7, 11) is 0. The van der Waals surface area contributed by atoms with Crippen molar-refractivity contribution in [1.29, 1.82) is 0 Å². The van der Waals surface area contributed by atoms with Crippen LogP contribution in [0.25, 0.3) is 6.08 Å². The number of thiazole rings is 1. The van der Waals surface area contributed by atoms with E-state index in [1.165, 1.54) is 23.6 Å². The molecule has 0 saturated carbocycles. The third-order valence-corrected chi connectivity index (χ3v) is 7.01. The van der Waals surface area contributed by atoms with Gasteiger partial charge in [-0.2, -0.15) is 0 Å². The Hall–Kier alpha value is -4.58. The average molecular weight is 580 g/mol. The zero-order valence-corrected chi connectivity index (χ0v) is 24.0. The van der Waals surface area contributed by atoms with Gasteiger partial charge in [0.05, 0.1) is 40.0 Å². The second-order valence-electron chi connectivity index (χ2n) is 9.66. The largest absolute Gasteiger partial charge is 0.490 e. The van der Waals surface area contributed by atoms with E-state index < -0.39 is 28.5 Å². The molecule has 1 aliphatic heterocycles. The van der Waals surface area contributed by atoms with Crippen molar-refractivity contribution in [2.24, 2.45) is 10.9 Å². The number of nitro groups is 1. The highest BCUT2D eigenvalue weighted by Crippen LogP contribution is 2.36. The minimum atomic E-state index is -0.907. The van der Waals surface area contributed by atoms with Gasteiger partial charge in [-0.25, -0.2) is 9.79 Å². The highest BCUT2D eigenvalue weighted by Gasteiger charge is 2.34. The number of ether oxygens (including phenoxy) is 3. The molecule has 3 aromatic rings. The van der Waals surface area contributed by atoms with Crippen LogP contribution in [-0.4, -0.2) is 34.6 Å². The Morgan fingerprint density at radius 1 is 1.17 bits per heavy atom. The molecule has 11 nitrogen and oxygen atoms in total. The van der Waals surface area contributed by atoms with E-state index in [2.05, 4.69) is 4.99 Å². The van der Waals surface area contributed by atoms with Gasteiger partial charge in [-0.1, -0.05) is 31.3 Å². The summed E-state index contributed by atoms with van der Waals surface area (Å²) in [5.41, 5.74) is 1.25. The van der Waals surface area contributed by atoms with Crippen LogP contribution in [0.5, 0.6) is 11.5 Å². The molecular weight excluding hydrogens is 550 g/mol. The lowest BCUT2D eigenvalue weighted by Crippen LogP contribution is -2.40. The summed E-state index contributed by atoms with van der Waals surface area (Å²) >= 11 is 1.13. The third kappa shape index (κ3) is 6.43. The number of non-ortho nitro benzene ring substituents is 1. The second kappa shape index (κ2) is 12.3. The minimum Gasteiger partial charge on any atom is -0.490 e. The molecule has 1 aliphatic rings. The quantitative estimate of drug-likeness (QED) is 0.162. The van der Waals surface area contributed by atoms with Crippen molar-refractivity contribution in [1.82, 2.24) is 4.57 Å². The first-order valence-electron chi connectivity index (χ1n) is 12.9. The Bertz CT molecular complexity index is 1720. The molecule has 0 N–H and O–H groups in total. The lowest BCUT2D eigenvalue weighted by atomic mass is 9.95. The summed E-state index contributed by atoms with van der Waals surface area (Å²) in [6.45, 7) is 9.05. The van der Waals surface area contributed by atoms with Crippen LogP contribution in [-0.2, 0) is 14.3 Å². The molecule has 0 amide bonds. The summed E-state index contributed by atoms with van der Waals surface area (Å²) in [4.78, 5) is 54.4. The van der Waals surface area contributed by atoms with Crippen molar-refractivity contribution in [3.63, 3.8) is 0 Å². The number of nitrogens with zero attached hydrogens (tertiary/aromatic N) is 3. The number of carbonyl (C=O) groups is 2. The van der Waals surface area contributed by atoms with E-state index in [-0.39, 0.29) is 41.9 Å². The normalized spacial score (nSPS) is 14.9. The standard InChI is InChI=1S/C29H29N3O8S/c1-6-38-23-14-20(9-12-22(23)40-18(5)33)26-25(28(35)39-15-16(2)3)17(4)30-29-31(26)27(34)24(41-29)13-19-7-10-21(11-8-19)32(36)37/h7-14,16,26H,6,15H2,1-5H3/b24-13-. The van der Waals surface area contributed by atoms with E-state index in [4.69, 9.17) is 14.2 Å². The molecule has 41 heavy (non-hydrogen) atoms. The lowest BCUT2D eigenvalue weighted by molar-refractivity contribution is -0.384. The maximum atomic E-state index is 13.8. The molecule has 1 atom stereocenters. The number of fused-ring (bicyclic) bond motifs is 1. The van der Waals surface area contributed by atoms with Crippen LogP contribution in [0.3, 0.4) is 0 Å². The van der Waals surface area contributed by atoms with Gasteiger partial charge in [-0.3, -0.25) is 24.3 Å². The smallest absolute Gasteiger partial charge is 0.338 e. The first-order valence-corrected chi connectivity index (χ1v) is 13.7. The van der Waals surface area contributed by atoms with E-state index in [9.17, 15) is 24.5 Å². The van der Waals surface area contributed by atoms with Crippen molar-refractivity contribution in [2.45, 2.75) is 40.7 Å². The third-order valence-electron chi connectivity index (χ3n) is 6.03. The number of aromatic nitrogens is 1. The number of benzene rings is 2. The van der Waals surface area contributed by atoms with Gasteiger partial charge < -0.3 is 14.2 Å². The van der Waals surface area contributed by atoms with Crippen LogP contribution in [0.2, 0.25) is 0 Å². The van der Waals surface area contributed by atoms with Gasteiger partial charge in [0.15, 0.2) is 16.3 Å². The number of esters is 2. The van der Waals surface area contributed by atoms with Crippen molar-refractivity contribution in [2.75, 3.05) is 13.2 Å². The molecule has 0 fully saturated rings. The molecule has 0 spiro atoms. The molecule has 214 valence electrons. The topological polar surface area (TPSA) is 139 Å². The van der Waals surface area contributed by atoms with Gasteiger partial charge in [0.25, 0.3) is 11.2 Å². The zero-order valence-electron chi connectivity index (χ0n) is 23.2. The van der Waals surface area contributed by atoms with Crippen LogP contribution in [0.4, 0.5) is 5.69 Å². The second-order valence-corrected chi connectivity index (χ2v) is 10.7. The number of carbonyl (C=O) groups excluding carboxylic acids is 2. The first-order chi connectivity index (χ1) is 19.5. The molecule has 1 aromatic heterocycles. The van der Waals surface area contributed by atoms with Gasteiger partial charge in [-0.15, -0.1) is 0 Å². The number of hydrogen-bond donors (Lipinski definition) is 0. The predicted octanol–water partition coefficient (Wildman–Crippen LogP) is 3.67. The van der Waals surface area contributed by atoms with E-state index in [1.807, 2.05) is 13.8 Å². The van der Waals surface area contributed by atoms with Crippen molar-refractivity contribution in [3.8, 4) is 11.5 Å². The van der Waals surface area contributed by atoms with E-state index in [1.54, 1.807) is 50.3 Å². The molecule has 0 radical (unpaired) electrons. The molecule has 1 unspecified atom stereocenters. The van der Waals surface area contributed by atoms with Crippen LogP contribution in [0.1, 0.15) is 51.8 Å². The van der Waals surface area contributed by atoms with E-state index >= 15 is 0 Å². The highest BCUT2D eigenvalue weighted by molar-refractivity contribution is 7.07. The molecule has 12 heteroatoms. The zero-order chi connectivity index (χ0) is 29.8. The number of allylic oxidation sites excluding steroid dienone is 1. The van der Waals surface area contributed by atoms with Crippen LogP contribution < -0.4 is 24.4 Å². The lowest BCUT2D eigenvalue weighted by Gasteiger charge is -2.25. The molecule has 0 bridgehead atoms. The summed E-state index contributed by atoms with van der Waals surface area (Å²) in [5, 5.41) is 11.0. The summed E-state index contributed by atoms with van der Waals surface area (Å²) in [5.74, 6) is -0.548. The number of hydrogen-bond acceptors (Lipinski definition) is 10. The van der Waals surface area contributed by atoms with Crippen molar-refractivity contribution < 1.29 is 28.7 Å². The van der Waals surface area contributed by atoms with Crippen LogP contribution in [0, 0.1) is 16.0 Å². The average Bonchev–Trinajstić information content (AvgIpc) is 3.21. The molecule has 4 rings (SSSR count). The van der Waals surface area contributed by atoms with Gasteiger partial charge in [0.2, 0.25) is 0 Å². The Labute approximate surface area is 239 Å². The summed E-state index contributed by atoms with van der Waals surface area (Å²) < 4.78 is 18.3. The summed E-state index contributed by atoms with van der Waals surface area (Å²) in [6.07, 6.45) is 1.62. The van der Waals surface area contributed by atoms with E-state index in [0.717, 1.165) is 11.3 Å². The fraction of sp³-hybridized carbons (Fsp3) is 0.310. The maximum absolute atomic E-state index is 13.8. The van der Waals surface area contributed by atoms with Crippen molar-refractivity contribution >= 4 is 35.0 Å². The Kier molecular flexibility index (Phi) is 8.82. The molecular formula is C29H29N3O8S. The van der Waals surface area contributed by atoms with Gasteiger partial charge in [-0.05, 0) is 61.2 Å². The van der Waals surface area contributed by atoms with E-state index in [0.29, 0.717) is 26.2 Å². The number of rotatable bonds is 9. The van der Waals surface area contributed by atoms with Gasteiger partial charge in [0, 0.05) is 19.1 Å². The summed E-state index contributed by atoms with van der Waals surface area (Å²) in [6, 6.07) is 9.77. The monoisotopic (exact) mass is 579 g/mol. The Balaban J connectivity index is 1.91. The van der Waals surface area contributed by atoms with Gasteiger partial charge >= 0.3 is 11.9 Å².